The second kappa shape index (κ2) is 11.4. The number of nitrogens with one attached hydrogen (secondary N) is 3. The van der Waals surface area contributed by atoms with Gasteiger partial charge >= 0.3 is 5.97 Å². The van der Waals surface area contributed by atoms with Crippen LogP contribution in [0, 0.1) is 6.92 Å². The normalized spacial score (nSPS) is 11.1. The van der Waals surface area contributed by atoms with Crippen molar-refractivity contribution in [3.8, 4) is 11.1 Å². The Kier molecular flexibility index (Phi) is 7.96. The van der Waals surface area contributed by atoms with Gasteiger partial charge in [0.15, 0.2) is 0 Å². The minimum absolute atomic E-state index is 0.201. The highest BCUT2D eigenvalue weighted by Crippen LogP contribution is 2.34. The van der Waals surface area contributed by atoms with Gasteiger partial charge in [0, 0.05) is 28.6 Å². The number of pyridine rings is 1. The van der Waals surface area contributed by atoms with E-state index in [1.165, 1.54) is 12.3 Å². The Bertz CT molecular complexity index is 1680. The van der Waals surface area contributed by atoms with Gasteiger partial charge in [-0.25, -0.2) is 13.2 Å². The predicted molar refractivity (Wildman–Crippen MR) is 155 cm³/mol. The molecule has 4 rings (SSSR count). The summed E-state index contributed by atoms with van der Waals surface area (Å²) in [4.78, 5) is 29.3. The minimum atomic E-state index is -3.39. The van der Waals surface area contributed by atoms with Gasteiger partial charge in [0.1, 0.15) is 5.56 Å². The van der Waals surface area contributed by atoms with E-state index >= 15 is 0 Å². The molecule has 10 heteroatoms. The molecule has 3 N–H and O–H groups in total. The molecule has 0 aliphatic carbocycles. The monoisotopic (exact) mass is 544 g/mol. The van der Waals surface area contributed by atoms with E-state index in [0.29, 0.717) is 33.7 Å². The molecule has 9 nitrogen and oxygen atoms in total. The summed E-state index contributed by atoms with van der Waals surface area (Å²) in [6, 6.07) is 18.1. The van der Waals surface area contributed by atoms with Crippen molar-refractivity contribution in [3.63, 3.8) is 0 Å². The number of amides is 1. The number of ether oxygens (including phenoxy) is 1. The summed E-state index contributed by atoms with van der Waals surface area (Å²) in [5.41, 5.74) is 5.63. The maximum absolute atomic E-state index is 12.9. The molecule has 0 aliphatic heterocycles. The van der Waals surface area contributed by atoms with Gasteiger partial charge in [0.2, 0.25) is 15.9 Å². The summed E-state index contributed by atoms with van der Waals surface area (Å²) in [5, 5.41) is 6.79. The predicted octanol–water partition coefficient (Wildman–Crippen LogP) is 5.63. The fourth-order valence-electron chi connectivity index (χ4n) is 3.98. The zero-order chi connectivity index (χ0) is 28.2. The number of benzene rings is 3. The zero-order valence-corrected chi connectivity index (χ0v) is 22.6. The smallest absolute Gasteiger partial charge is 0.341 e. The second-order valence-corrected chi connectivity index (χ2v) is 10.5. The quantitative estimate of drug-likeness (QED) is 0.184. The van der Waals surface area contributed by atoms with Crippen LogP contribution in [-0.4, -0.2) is 38.1 Å². The van der Waals surface area contributed by atoms with E-state index in [9.17, 15) is 18.0 Å². The lowest BCUT2D eigenvalue weighted by Crippen LogP contribution is -2.10. The van der Waals surface area contributed by atoms with E-state index in [4.69, 9.17) is 4.74 Å². The molecule has 0 saturated heterocycles. The van der Waals surface area contributed by atoms with E-state index in [0.717, 1.165) is 22.9 Å². The molecule has 39 heavy (non-hydrogen) atoms. The van der Waals surface area contributed by atoms with Gasteiger partial charge in [-0.3, -0.25) is 14.5 Å². The van der Waals surface area contributed by atoms with Crippen molar-refractivity contribution in [3.05, 3.63) is 90.6 Å². The number of anilines is 4. The molecule has 0 fully saturated rings. The molecule has 200 valence electrons. The molecule has 0 unspecified atom stereocenters. The minimum Gasteiger partial charge on any atom is -0.462 e. The first-order valence-electron chi connectivity index (χ1n) is 12.1. The Morgan fingerprint density at radius 2 is 1.69 bits per heavy atom. The molecular formula is C29H28N4O5S. The van der Waals surface area contributed by atoms with E-state index in [-0.39, 0.29) is 18.1 Å². The molecule has 1 amide bonds. The lowest BCUT2D eigenvalue weighted by molar-refractivity contribution is -0.111. The molecule has 3 aromatic carbocycles. The molecule has 1 heterocycles. The van der Waals surface area contributed by atoms with Crippen LogP contribution in [0.15, 0.2) is 79.5 Å². The number of rotatable bonds is 9. The third kappa shape index (κ3) is 6.60. The molecule has 0 radical (unpaired) electrons. The SMILES string of the molecule is C=CC(=O)Nc1cc(Nc2c(C(=O)OCC)cnc3ccc(-c4ccc(NS(C)(=O)=O)cc4)cc23)ccc1C. The summed E-state index contributed by atoms with van der Waals surface area (Å²) >= 11 is 0. The average molecular weight is 545 g/mol. The maximum atomic E-state index is 12.9. The number of aromatic nitrogens is 1. The van der Waals surface area contributed by atoms with Gasteiger partial charge in [0.25, 0.3) is 0 Å². The first-order chi connectivity index (χ1) is 18.6. The molecule has 0 atom stereocenters. The average Bonchev–Trinajstić information content (AvgIpc) is 2.90. The standard InChI is InChI=1S/C29H28N4O5S/c1-5-27(34)32-26-16-22(11-7-18(26)3)31-28-23-15-20(19-8-12-21(13-9-19)33-39(4,36)37)10-14-25(23)30-17-24(28)29(35)38-6-2/h5,7-17,33H,1,6H2,2-4H3,(H,30,31)(H,32,34). The largest absolute Gasteiger partial charge is 0.462 e. The first kappa shape index (κ1) is 27.3. The Hall–Kier alpha value is -4.70. The molecule has 0 spiro atoms. The molecule has 0 saturated carbocycles. The highest BCUT2D eigenvalue weighted by molar-refractivity contribution is 7.92. The van der Waals surface area contributed by atoms with Crippen molar-refractivity contribution in [2.24, 2.45) is 0 Å². The number of aryl methyl sites for hydroxylation is 1. The number of hydrogen-bond donors (Lipinski definition) is 3. The first-order valence-corrected chi connectivity index (χ1v) is 14.0. The summed E-state index contributed by atoms with van der Waals surface area (Å²) in [5.74, 6) is -0.859. The van der Waals surface area contributed by atoms with Gasteiger partial charge in [-0.2, -0.15) is 0 Å². The molecule has 0 bridgehead atoms. The van der Waals surface area contributed by atoms with Crippen molar-refractivity contribution in [2.75, 3.05) is 28.2 Å². The highest BCUT2D eigenvalue weighted by Gasteiger charge is 2.18. The van der Waals surface area contributed by atoms with E-state index in [1.54, 1.807) is 37.3 Å². The van der Waals surface area contributed by atoms with Crippen LogP contribution in [0.1, 0.15) is 22.8 Å². The van der Waals surface area contributed by atoms with E-state index in [2.05, 4.69) is 26.9 Å². The maximum Gasteiger partial charge on any atom is 0.341 e. The summed E-state index contributed by atoms with van der Waals surface area (Å²) < 4.78 is 30.8. The van der Waals surface area contributed by atoms with Gasteiger partial charge in [0.05, 0.1) is 24.1 Å². The number of esters is 1. The third-order valence-corrected chi connectivity index (χ3v) is 6.44. The number of sulfonamides is 1. The Labute approximate surface area is 227 Å². The summed E-state index contributed by atoms with van der Waals surface area (Å²) in [7, 11) is -3.39. The Morgan fingerprint density at radius 3 is 2.36 bits per heavy atom. The van der Waals surface area contributed by atoms with Gasteiger partial charge in [-0.15, -0.1) is 0 Å². The molecular weight excluding hydrogens is 516 g/mol. The van der Waals surface area contributed by atoms with Crippen LogP contribution in [0.25, 0.3) is 22.0 Å². The van der Waals surface area contributed by atoms with E-state index in [1.807, 2.05) is 37.3 Å². The third-order valence-electron chi connectivity index (χ3n) is 5.83. The highest BCUT2D eigenvalue weighted by atomic mass is 32.2. The number of hydrogen-bond acceptors (Lipinski definition) is 7. The van der Waals surface area contributed by atoms with Crippen LogP contribution < -0.4 is 15.4 Å². The van der Waals surface area contributed by atoms with Crippen molar-refractivity contribution in [1.29, 1.82) is 0 Å². The Balaban J connectivity index is 1.81. The van der Waals surface area contributed by atoms with Crippen LogP contribution in [-0.2, 0) is 19.6 Å². The van der Waals surface area contributed by atoms with Crippen LogP contribution in [0.2, 0.25) is 0 Å². The summed E-state index contributed by atoms with van der Waals surface area (Å²) in [6.45, 7) is 7.30. The van der Waals surface area contributed by atoms with Crippen molar-refractivity contribution in [1.82, 2.24) is 4.98 Å². The van der Waals surface area contributed by atoms with Crippen molar-refractivity contribution < 1.29 is 22.7 Å². The fraction of sp³-hybridized carbons (Fsp3) is 0.138. The number of carbonyl (C=O) groups excluding carboxylic acids is 2. The summed E-state index contributed by atoms with van der Waals surface area (Å²) in [6.07, 6.45) is 3.76. The molecule has 4 aromatic rings. The van der Waals surface area contributed by atoms with Gasteiger partial charge in [-0.1, -0.05) is 30.8 Å². The van der Waals surface area contributed by atoms with Crippen LogP contribution in [0.3, 0.4) is 0 Å². The Morgan fingerprint density at radius 1 is 1.00 bits per heavy atom. The molecule has 1 aromatic heterocycles. The number of fused-ring (bicyclic) bond motifs is 1. The van der Waals surface area contributed by atoms with Crippen molar-refractivity contribution >= 4 is 55.6 Å². The van der Waals surface area contributed by atoms with Crippen LogP contribution in [0.5, 0.6) is 0 Å². The lowest BCUT2D eigenvalue weighted by Gasteiger charge is -2.16. The number of carbonyl (C=O) groups is 2. The number of nitrogens with zero attached hydrogens (tertiary/aromatic N) is 1. The zero-order valence-electron chi connectivity index (χ0n) is 21.7. The lowest BCUT2D eigenvalue weighted by atomic mass is 10.0. The van der Waals surface area contributed by atoms with Crippen LogP contribution in [0.4, 0.5) is 22.7 Å². The van der Waals surface area contributed by atoms with Crippen molar-refractivity contribution in [2.45, 2.75) is 13.8 Å². The van der Waals surface area contributed by atoms with Crippen LogP contribution >= 0.6 is 0 Å². The van der Waals surface area contributed by atoms with Gasteiger partial charge in [-0.05, 0) is 73.0 Å². The van der Waals surface area contributed by atoms with Gasteiger partial charge < -0.3 is 15.4 Å². The topological polar surface area (TPSA) is 126 Å². The molecule has 0 aliphatic rings. The van der Waals surface area contributed by atoms with E-state index < -0.39 is 16.0 Å². The fourth-order valence-corrected chi connectivity index (χ4v) is 4.54. The second-order valence-electron chi connectivity index (χ2n) is 8.80.